The Morgan fingerprint density at radius 2 is 1.50 bits per heavy atom. The van der Waals surface area contributed by atoms with E-state index in [1.54, 1.807) is 18.2 Å². The van der Waals surface area contributed by atoms with Gasteiger partial charge in [-0.2, -0.15) is 5.26 Å². The molecule has 0 bridgehead atoms. The number of benzene rings is 4. The van der Waals surface area contributed by atoms with Crippen molar-refractivity contribution in [2.75, 3.05) is 0 Å². The molecule has 0 atom stereocenters. The van der Waals surface area contributed by atoms with E-state index in [-0.39, 0.29) is 16.7 Å². The van der Waals surface area contributed by atoms with Crippen molar-refractivity contribution in [1.82, 2.24) is 0 Å². The number of fused-ring (bicyclic) bond motifs is 1. The lowest BCUT2D eigenvalue weighted by atomic mass is 9.95. The lowest BCUT2D eigenvalue weighted by Crippen LogP contribution is -1.95. The van der Waals surface area contributed by atoms with E-state index < -0.39 is 17.5 Å². The maximum atomic E-state index is 15.3. The Morgan fingerprint density at radius 1 is 0.781 bits per heavy atom. The van der Waals surface area contributed by atoms with E-state index in [0.29, 0.717) is 16.5 Å². The van der Waals surface area contributed by atoms with Gasteiger partial charge < -0.3 is 0 Å². The van der Waals surface area contributed by atoms with Crippen molar-refractivity contribution in [2.45, 2.75) is 32.6 Å². The van der Waals surface area contributed by atoms with Crippen LogP contribution in [-0.4, -0.2) is 0 Å². The summed E-state index contributed by atoms with van der Waals surface area (Å²) >= 11 is 0. The number of hydrogen-bond acceptors (Lipinski definition) is 1. The average Bonchev–Trinajstić information content (AvgIpc) is 2.79. The average molecular weight is 429 g/mol. The van der Waals surface area contributed by atoms with Crippen LogP contribution in [0, 0.1) is 28.8 Å². The highest BCUT2D eigenvalue weighted by Crippen LogP contribution is 2.34. The second-order valence-corrected chi connectivity index (χ2v) is 7.94. The first-order valence-electron chi connectivity index (χ1n) is 10.7. The van der Waals surface area contributed by atoms with Crippen LogP contribution in [-0.2, 0) is 6.42 Å². The van der Waals surface area contributed by atoms with E-state index in [4.69, 9.17) is 5.26 Å². The molecule has 0 amide bonds. The SMILES string of the molecule is CCCCCc1ccc2c(F)c(-c3cc(F)c(-c4ccc(C#N)cc4)c(F)c3)ccc2c1. The molecule has 0 aliphatic carbocycles. The first-order valence-corrected chi connectivity index (χ1v) is 10.7. The number of halogens is 3. The summed E-state index contributed by atoms with van der Waals surface area (Å²) in [7, 11) is 0. The highest BCUT2D eigenvalue weighted by Gasteiger charge is 2.17. The fraction of sp³-hybridized carbons (Fsp3) is 0.179. The molecule has 1 nitrogen and oxygen atoms in total. The first-order chi connectivity index (χ1) is 15.5. The predicted octanol–water partition coefficient (Wildman–Crippen LogP) is 8.20. The van der Waals surface area contributed by atoms with Gasteiger partial charge in [0.15, 0.2) is 0 Å². The van der Waals surface area contributed by atoms with Gasteiger partial charge in [0.05, 0.1) is 17.2 Å². The van der Waals surface area contributed by atoms with Crippen LogP contribution in [0.25, 0.3) is 33.0 Å². The lowest BCUT2D eigenvalue weighted by molar-refractivity contribution is 0.590. The summed E-state index contributed by atoms with van der Waals surface area (Å²) in [5.41, 5.74) is 1.97. The number of rotatable bonds is 6. The largest absolute Gasteiger partial charge is 0.206 e. The van der Waals surface area contributed by atoms with Crippen LogP contribution in [0.5, 0.6) is 0 Å². The summed E-state index contributed by atoms with van der Waals surface area (Å²) in [6, 6.07) is 19.3. The predicted molar refractivity (Wildman–Crippen MR) is 123 cm³/mol. The van der Waals surface area contributed by atoms with Crippen molar-refractivity contribution < 1.29 is 13.2 Å². The molecule has 0 aliphatic heterocycles. The maximum absolute atomic E-state index is 15.3. The number of hydrogen-bond donors (Lipinski definition) is 0. The minimum atomic E-state index is -0.782. The Hall–Kier alpha value is -3.58. The Kier molecular flexibility index (Phi) is 6.28. The molecule has 0 N–H and O–H groups in total. The third-order valence-corrected chi connectivity index (χ3v) is 5.74. The van der Waals surface area contributed by atoms with Crippen LogP contribution in [0.15, 0.2) is 66.7 Å². The quantitative estimate of drug-likeness (QED) is 0.283. The highest BCUT2D eigenvalue weighted by atomic mass is 19.1. The van der Waals surface area contributed by atoms with Crippen molar-refractivity contribution in [1.29, 1.82) is 5.26 Å². The van der Waals surface area contributed by atoms with Crippen LogP contribution in [0.1, 0.15) is 37.3 Å². The lowest BCUT2D eigenvalue weighted by Gasteiger charge is -2.12. The summed E-state index contributed by atoms with van der Waals surface area (Å²) in [6.07, 6.45) is 4.33. The molecule has 4 aromatic carbocycles. The van der Waals surface area contributed by atoms with Crippen LogP contribution in [0.2, 0.25) is 0 Å². The molecule has 160 valence electrons. The van der Waals surface area contributed by atoms with Gasteiger partial charge in [-0.25, -0.2) is 13.2 Å². The van der Waals surface area contributed by atoms with E-state index in [9.17, 15) is 8.78 Å². The molecule has 4 heteroatoms. The fourth-order valence-corrected chi connectivity index (χ4v) is 4.01. The highest BCUT2D eigenvalue weighted by molar-refractivity contribution is 5.89. The molecule has 0 fully saturated rings. The van der Waals surface area contributed by atoms with Gasteiger partial charge in [-0.15, -0.1) is 0 Å². The molecule has 4 rings (SSSR count). The van der Waals surface area contributed by atoms with Crippen molar-refractivity contribution in [3.63, 3.8) is 0 Å². The van der Waals surface area contributed by atoms with Crippen molar-refractivity contribution in [3.05, 3.63) is 95.3 Å². The standard InChI is InChI=1S/C28H22F3N/c1-2-3-4-5-18-8-12-23-21(14-18)11-13-24(28(23)31)22-15-25(29)27(26(30)16-22)20-9-6-19(17-32)7-10-20/h6-16H,2-5H2,1H3. The van der Waals surface area contributed by atoms with Crippen LogP contribution in [0.3, 0.4) is 0 Å². The third-order valence-electron chi connectivity index (χ3n) is 5.74. The summed E-state index contributed by atoms with van der Waals surface area (Å²) < 4.78 is 45.1. The topological polar surface area (TPSA) is 23.8 Å². The monoisotopic (exact) mass is 429 g/mol. The van der Waals surface area contributed by atoms with E-state index >= 15 is 4.39 Å². The Bertz CT molecular complexity index is 1290. The van der Waals surface area contributed by atoms with Gasteiger partial charge in [0, 0.05) is 10.9 Å². The van der Waals surface area contributed by atoms with E-state index in [1.807, 2.05) is 18.2 Å². The molecule has 0 heterocycles. The molecule has 0 aromatic heterocycles. The molecule has 0 saturated heterocycles. The number of nitriles is 1. The van der Waals surface area contributed by atoms with Crippen LogP contribution in [0.4, 0.5) is 13.2 Å². The van der Waals surface area contributed by atoms with Gasteiger partial charge in [-0.1, -0.05) is 62.2 Å². The second-order valence-electron chi connectivity index (χ2n) is 7.94. The molecule has 0 unspecified atom stereocenters. The van der Waals surface area contributed by atoms with Gasteiger partial charge in [-0.3, -0.25) is 0 Å². The summed E-state index contributed by atoms with van der Waals surface area (Å²) in [5.74, 6) is -2.06. The van der Waals surface area contributed by atoms with Crippen molar-refractivity contribution in [3.8, 4) is 28.3 Å². The van der Waals surface area contributed by atoms with Gasteiger partial charge in [0.25, 0.3) is 0 Å². The molecule has 0 spiro atoms. The van der Waals surface area contributed by atoms with Crippen molar-refractivity contribution in [2.24, 2.45) is 0 Å². The van der Waals surface area contributed by atoms with Gasteiger partial charge in [-0.05, 0) is 59.2 Å². The Labute approximate surface area is 185 Å². The number of nitrogens with zero attached hydrogens (tertiary/aromatic N) is 1. The minimum absolute atomic E-state index is 0.142. The molecular formula is C28H22F3N. The smallest absolute Gasteiger partial charge is 0.138 e. The zero-order valence-electron chi connectivity index (χ0n) is 17.8. The zero-order chi connectivity index (χ0) is 22.7. The maximum Gasteiger partial charge on any atom is 0.138 e. The molecular weight excluding hydrogens is 407 g/mol. The summed E-state index contributed by atoms with van der Waals surface area (Å²) in [4.78, 5) is 0. The Balaban J connectivity index is 1.71. The Morgan fingerprint density at radius 3 is 2.16 bits per heavy atom. The molecule has 0 radical (unpaired) electrons. The minimum Gasteiger partial charge on any atom is -0.206 e. The van der Waals surface area contributed by atoms with E-state index in [1.165, 1.54) is 24.3 Å². The number of aryl methyl sites for hydroxylation is 1. The van der Waals surface area contributed by atoms with Gasteiger partial charge in [0.2, 0.25) is 0 Å². The molecule has 0 saturated carbocycles. The zero-order valence-corrected chi connectivity index (χ0v) is 17.8. The first kappa shape index (κ1) is 21.6. The van der Waals surface area contributed by atoms with Crippen LogP contribution >= 0.6 is 0 Å². The molecule has 0 aliphatic rings. The summed E-state index contributed by atoms with van der Waals surface area (Å²) in [5, 5.41) is 10.1. The van der Waals surface area contributed by atoms with Crippen LogP contribution < -0.4 is 0 Å². The summed E-state index contributed by atoms with van der Waals surface area (Å²) in [6.45, 7) is 2.15. The van der Waals surface area contributed by atoms with E-state index in [0.717, 1.165) is 48.8 Å². The normalized spacial score (nSPS) is 11.0. The fourth-order valence-electron chi connectivity index (χ4n) is 4.01. The van der Waals surface area contributed by atoms with Gasteiger partial charge in [0.1, 0.15) is 17.5 Å². The van der Waals surface area contributed by atoms with Gasteiger partial charge >= 0.3 is 0 Å². The third kappa shape index (κ3) is 4.24. The van der Waals surface area contributed by atoms with Crippen molar-refractivity contribution >= 4 is 10.8 Å². The number of unbranched alkanes of at least 4 members (excludes halogenated alkanes) is 2. The molecule has 4 aromatic rings. The van der Waals surface area contributed by atoms with E-state index in [2.05, 4.69) is 6.92 Å². The molecule has 32 heavy (non-hydrogen) atoms. The second kappa shape index (κ2) is 9.28.